The standard InChI is InChI=1S/C8H15NS/c1-9-3-2-6-4-7(6)8(9)5-10/h6-8,10H,2-5H2,1H3. The Labute approximate surface area is 68.2 Å². The average molecular weight is 157 g/mol. The first-order chi connectivity index (χ1) is 4.83. The molecular weight excluding hydrogens is 142 g/mol. The van der Waals surface area contributed by atoms with Gasteiger partial charge in [0.15, 0.2) is 0 Å². The minimum absolute atomic E-state index is 0.794. The van der Waals surface area contributed by atoms with Crippen molar-refractivity contribution in [2.45, 2.75) is 18.9 Å². The zero-order chi connectivity index (χ0) is 7.14. The normalized spacial score (nSPS) is 46.8. The molecule has 2 aliphatic rings. The first kappa shape index (κ1) is 6.99. The van der Waals surface area contributed by atoms with Crippen LogP contribution in [0.25, 0.3) is 0 Å². The van der Waals surface area contributed by atoms with Gasteiger partial charge in [-0.25, -0.2) is 0 Å². The molecule has 0 spiro atoms. The molecule has 1 nitrogen and oxygen atoms in total. The molecule has 0 N–H and O–H groups in total. The van der Waals surface area contributed by atoms with Crippen molar-refractivity contribution in [3.8, 4) is 0 Å². The zero-order valence-corrected chi connectivity index (χ0v) is 7.35. The highest BCUT2D eigenvalue weighted by atomic mass is 32.1. The molecule has 0 amide bonds. The van der Waals surface area contributed by atoms with E-state index in [1.807, 2.05) is 0 Å². The fraction of sp³-hybridized carbons (Fsp3) is 1.00. The van der Waals surface area contributed by atoms with Crippen LogP contribution in [0, 0.1) is 11.8 Å². The molecule has 2 rings (SSSR count). The van der Waals surface area contributed by atoms with Gasteiger partial charge in [-0.05, 0) is 38.3 Å². The van der Waals surface area contributed by atoms with Gasteiger partial charge in [0.1, 0.15) is 0 Å². The largest absolute Gasteiger partial charge is 0.302 e. The molecule has 58 valence electrons. The number of thiol groups is 1. The molecule has 1 aliphatic heterocycles. The van der Waals surface area contributed by atoms with Crippen LogP contribution in [0.15, 0.2) is 0 Å². The van der Waals surface area contributed by atoms with Gasteiger partial charge < -0.3 is 4.90 Å². The molecule has 3 unspecified atom stereocenters. The number of piperidine rings is 1. The second-order valence-electron chi connectivity index (χ2n) is 3.68. The summed E-state index contributed by atoms with van der Waals surface area (Å²) in [6, 6.07) is 0.794. The van der Waals surface area contributed by atoms with E-state index in [2.05, 4.69) is 24.6 Å². The predicted octanol–water partition coefficient (Wildman–Crippen LogP) is 1.26. The van der Waals surface area contributed by atoms with Gasteiger partial charge in [0.2, 0.25) is 0 Å². The third-order valence-electron chi connectivity index (χ3n) is 3.08. The molecule has 0 aromatic heterocycles. The monoisotopic (exact) mass is 157 g/mol. The SMILES string of the molecule is CN1CCC2CC2C1CS. The second kappa shape index (κ2) is 2.42. The Hall–Kier alpha value is 0.310. The highest BCUT2D eigenvalue weighted by molar-refractivity contribution is 7.80. The van der Waals surface area contributed by atoms with Crippen LogP contribution in [0.5, 0.6) is 0 Å². The summed E-state index contributed by atoms with van der Waals surface area (Å²) in [4.78, 5) is 2.47. The van der Waals surface area contributed by atoms with E-state index in [-0.39, 0.29) is 0 Å². The van der Waals surface area contributed by atoms with Crippen molar-refractivity contribution in [2.75, 3.05) is 19.3 Å². The Morgan fingerprint density at radius 1 is 1.60 bits per heavy atom. The lowest BCUT2D eigenvalue weighted by Crippen LogP contribution is -2.39. The van der Waals surface area contributed by atoms with Crippen LogP contribution in [-0.2, 0) is 0 Å². The first-order valence-corrected chi connectivity index (χ1v) is 4.77. The molecular formula is C8H15NS. The average Bonchev–Trinajstić information content (AvgIpc) is 2.66. The number of fused-ring (bicyclic) bond motifs is 1. The summed E-state index contributed by atoms with van der Waals surface area (Å²) in [5.41, 5.74) is 0. The molecule has 1 aliphatic carbocycles. The number of likely N-dealkylation sites (tertiary alicyclic amines) is 1. The second-order valence-corrected chi connectivity index (χ2v) is 4.04. The van der Waals surface area contributed by atoms with Crippen LogP contribution in [0.1, 0.15) is 12.8 Å². The number of nitrogens with zero attached hydrogens (tertiary/aromatic N) is 1. The van der Waals surface area contributed by atoms with E-state index in [0.717, 1.165) is 23.6 Å². The van der Waals surface area contributed by atoms with Crippen LogP contribution in [-0.4, -0.2) is 30.3 Å². The van der Waals surface area contributed by atoms with E-state index in [1.54, 1.807) is 0 Å². The van der Waals surface area contributed by atoms with Crippen molar-refractivity contribution in [3.05, 3.63) is 0 Å². The van der Waals surface area contributed by atoms with Gasteiger partial charge in [-0.1, -0.05) is 0 Å². The van der Waals surface area contributed by atoms with E-state index in [9.17, 15) is 0 Å². The first-order valence-electron chi connectivity index (χ1n) is 4.14. The summed E-state index contributed by atoms with van der Waals surface area (Å²) >= 11 is 4.37. The number of hydrogen-bond acceptors (Lipinski definition) is 2. The van der Waals surface area contributed by atoms with E-state index in [4.69, 9.17) is 0 Å². The van der Waals surface area contributed by atoms with Crippen LogP contribution in [0.4, 0.5) is 0 Å². The molecule has 10 heavy (non-hydrogen) atoms. The van der Waals surface area contributed by atoms with Gasteiger partial charge >= 0.3 is 0 Å². The molecule has 0 radical (unpaired) electrons. The number of rotatable bonds is 1. The van der Waals surface area contributed by atoms with Crippen LogP contribution in [0.3, 0.4) is 0 Å². The predicted molar refractivity (Wildman–Crippen MR) is 46.5 cm³/mol. The van der Waals surface area contributed by atoms with Crippen molar-refractivity contribution in [1.29, 1.82) is 0 Å². The third kappa shape index (κ3) is 0.978. The summed E-state index contributed by atoms with van der Waals surface area (Å²) in [7, 11) is 2.23. The van der Waals surface area contributed by atoms with Gasteiger partial charge in [-0.15, -0.1) is 0 Å². The molecule has 1 saturated carbocycles. The Morgan fingerprint density at radius 3 is 3.00 bits per heavy atom. The van der Waals surface area contributed by atoms with E-state index in [0.29, 0.717) is 0 Å². The van der Waals surface area contributed by atoms with Gasteiger partial charge in [0.05, 0.1) is 0 Å². The summed E-state index contributed by atoms with van der Waals surface area (Å²) in [6.07, 6.45) is 2.92. The van der Waals surface area contributed by atoms with Gasteiger partial charge in [0, 0.05) is 11.8 Å². The number of hydrogen-bond donors (Lipinski definition) is 1. The molecule has 2 heteroatoms. The summed E-state index contributed by atoms with van der Waals surface area (Å²) in [5.74, 6) is 3.14. The maximum absolute atomic E-state index is 4.37. The van der Waals surface area contributed by atoms with Crippen LogP contribution in [0.2, 0.25) is 0 Å². The lowest BCUT2D eigenvalue weighted by atomic mass is 10.0. The summed E-state index contributed by atoms with van der Waals surface area (Å²) in [5, 5.41) is 0. The smallest absolute Gasteiger partial charge is 0.0211 e. The Kier molecular flexibility index (Phi) is 1.69. The molecule has 0 bridgehead atoms. The van der Waals surface area contributed by atoms with Crippen LogP contribution >= 0.6 is 12.6 Å². The summed E-state index contributed by atoms with van der Waals surface area (Å²) in [6.45, 7) is 1.30. The fourth-order valence-electron chi connectivity index (χ4n) is 2.21. The molecule has 3 atom stereocenters. The maximum atomic E-state index is 4.37. The van der Waals surface area contributed by atoms with Gasteiger partial charge in [-0.3, -0.25) is 0 Å². The van der Waals surface area contributed by atoms with E-state index >= 15 is 0 Å². The minimum Gasteiger partial charge on any atom is -0.302 e. The molecule has 2 fully saturated rings. The lowest BCUT2D eigenvalue weighted by molar-refractivity contribution is 0.192. The van der Waals surface area contributed by atoms with Crippen molar-refractivity contribution < 1.29 is 0 Å². The van der Waals surface area contributed by atoms with Gasteiger partial charge in [-0.2, -0.15) is 12.6 Å². The van der Waals surface area contributed by atoms with Crippen molar-refractivity contribution >= 4 is 12.6 Å². The molecule has 1 heterocycles. The Morgan fingerprint density at radius 2 is 2.40 bits per heavy atom. The summed E-state index contributed by atoms with van der Waals surface area (Å²) < 4.78 is 0. The van der Waals surface area contributed by atoms with Crippen molar-refractivity contribution in [3.63, 3.8) is 0 Å². The van der Waals surface area contributed by atoms with Gasteiger partial charge in [0.25, 0.3) is 0 Å². The minimum atomic E-state index is 0.794. The Balaban J connectivity index is 2.00. The third-order valence-corrected chi connectivity index (χ3v) is 3.45. The Bertz CT molecular complexity index is 135. The highest BCUT2D eigenvalue weighted by Gasteiger charge is 2.46. The van der Waals surface area contributed by atoms with E-state index in [1.165, 1.54) is 19.4 Å². The van der Waals surface area contributed by atoms with Crippen molar-refractivity contribution in [2.24, 2.45) is 11.8 Å². The zero-order valence-electron chi connectivity index (χ0n) is 6.45. The fourth-order valence-corrected chi connectivity index (χ4v) is 2.76. The quantitative estimate of drug-likeness (QED) is 0.561. The van der Waals surface area contributed by atoms with Crippen molar-refractivity contribution in [1.82, 2.24) is 4.90 Å². The van der Waals surface area contributed by atoms with E-state index < -0.39 is 0 Å². The molecule has 1 saturated heterocycles. The molecule has 0 aromatic rings. The molecule has 0 aromatic carbocycles. The maximum Gasteiger partial charge on any atom is 0.0211 e. The topological polar surface area (TPSA) is 3.24 Å². The van der Waals surface area contributed by atoms with Crippen LogP contribution < -0.4 is 0 Å². The highest BCUT2D eigenvalue weighted by Crippen LogP contribution is 2.48. The lowest BCUT2D eigenvalue weighted by Gasteiger charge is -2.30.